The summed E-state index contributed by atoms with van der Waals surface area (Å²) < 4.78 is 44.6. The fourth-order valence-electron chi connectivity index (χ4n) is 2.23. The first-order valence-corrected chi connectivity index (χ1v) is 6.71. The van der Waals surface area contributed by atoms with Gasteiger partial charge in [0.2, 0.25) is 0 Å². The number of ether oxygens (including phenoxy) is 1. The van der Waals surface area contributed by atoms with Gasteiger partial charge in [0.1, 0.15) is 0 Å². The van der Waals surface area contributed by atoms with Crippen LogP contribution >= 0.6 is 0 Å². The maximum atomic E-state index is 13.3. The highest BCUT2D eigenvalue weighted by atomic mass is 19.4. The first kappa shape index (κ1) is 15.4. The van der Waals surface area contributed by atoms with Gasteiger partial charge in [-0.25, -0.2) is 0 Å². The second kappa shape index (κ2) is 6.20. The Labute approximate surface area is 120 Å². The summed E-state index contributed by atoms with van der Waals surface area (Å²) in [6.07, 6.45) is -3.31. The SMILES string of the molecule is CCCOC(=O)C[C@@H](c1c[nH]c2ccccc12)C(F)(F)F. The summed E-state index contributed by atoms with van der Waals surface area (Å²) in [6, 6.07) is 6.71. The van der Waals surface area contributed by atoms with Gasteiger partial charge in [-0.1, -0.05) is 25.1 Å². The van der Waals surface area contributed by atoms with Crippen LogP contribution in [0.15, 0.2) is 30.5 Å². The molecule has 1 N–H and O–H groups in total. The van der Waals surface area contributed by atoms with Gasteiger partial charge in [0.15, 0.2) is 0 Å². The average molecular weight is 299 g/mol. The molecule has 0 saturated carbocycles. The van der Waals surface area contributed by atoms with Gasteiger partial charge in [-0.05, 0) is 18.1 Å². The Bertz CT molecular complexity index is 619. The van der Waals surface area contributed by atoms with Crippen LogP contribution in [0.4, 0.5) is 13.2 Å². The molecule has 1 atom stereocenters. The number of nitrogens with one attached hydrogen (secondary N) is 1. The van der Waals surface area contributed by atoms with Crippen molar-refractivity contribution in [3.8, 4) is 0 Å². The minimum atomic E-state index is -4.50. The molecule has 0 unspecified atom stereocenters. The zero-order valence-corrected chi connectivity index (χ0v) is 11.5. The highest BCUT2D eigenvalue weighted by molar-refractivity contribution is 5.84. The quantitative estimate of drug-likeness (QED) is 0.842. The molecule has 0 spiro atoms. The number of halogens is 3. The molecule has 0 saturated heterocycles. The number of rotatable bonds is 5. The van der Waals surface area contributed by atoms with E-state index < -0.39 is 24.5 Å². The number of aromatic nitrogens is 1. The number of esters is 1. The molecule has 3 nitrogen and oxygen atoms in total. The molecule has 1 aromatic carbocycles. The van der Waals surface area contributed by atoms with E-state index in [1.165, 1.54) is 6.20 Å². The van der Waals surface area contributed by atoms with Crippen LogP contribution in [0.2, 0.25) is 0 Å². The molecular weight excluding hydrogens is 283 g/mol. The van der Waals surface area contributed by atoms with Crippen molar-refractivity contribution in [3.05, 3.63) is 36.0 Å². The summed E-state index contributed by atoms with van der Waals surface area (Å²) in [5, 5.41) is 0.475. The number of carbonyl (C=O) groups is 1. The molecule has 0 radical (unpaired) electrons. The number of H-pyrrole nitrogens is 1. The van der Waals surface area contributed by atoms with Gasteiger partial charge in [0.25, 0.3) is 0 Å². The fraction of sp³-hybridized carbons (Fsp3) is 0.400. The lowest BCUT2D eigenvalue weighted by Gasteiger charge is -2.19. The number of para-hydroxylation sites is 1. The first-order chi connectivity index (χ1) is 9.93. The maximum Gasteiger partial charge on any atom is 0.396 e. The summed E-state index contributed by atoms with van der Waals surface area (Å²) in [6.45, 7) is 1.92. The van der Waals surface area contributed by atoms with E-state index in [0.717, 1.165) is 0 Å². The molecule has 0 fully saturated rings. The number of fused-ring (bicyclic) bond motifs is 1. The first-order valence-electron chi connectivity index (χ1n) is 6.71. The minimum absolute atomic E-state index is 0.0755. The topological polar surface area (TPSA) is 42.1 Å². The molecule has 1 heterocycles. The predicted molar refractivity (Wildman–Crippen MR) is 73.0 cm³/mol. The van der Waals surface area contributed by atoms with E-state index in [9.17, 15) is 18.0 Å². The van der Waals surface area contributed by atoms with Crippen molar-refractivity contribution in [2.24, 2.45) is 0 Å². The van der Waals surface area contributed by atoms with Crippen molar-refractivity contribution in [1.29, 1.82) is 0 Å². The highest BCUT2D eigenvalue weighted by Crippen LogP contribution is 2.40. The second-order valence-corrected chi connectivity index (χ2v) is 4.81. The van der Waals surface area contributed by atoms with Crippen molar-refractivity contribution < 1.29 is 22.7 Å². The van der Waals surface area contributed by atoms with Crippen LogP contribution in [-0.4, -0.2) is 23.7 Å². The summed E-state index contributed by atoms with van der Waals surface area (Å²) in [5.74, 6) is -2.69. The molecule has 2 rings (SSSR count). The summed E-state index contributed by atoms with van der Waals surface area (Å²) in [4.78, 5) is 14.4. The highest BCUT2D eigenvalue weighted by Gasteiger charge is 2.43. The number of benzene rings is 1. The van der Waals surface area contributed by atoms with Crippen LogP contribution in [0.1, 0.15) is 31.2 Å². The Morgan fingerprint density at radius 1 is 1.33 bits per heavy atom. The third-order valence-corrected chi connectivity index (χ3v) is 3.23. The van der Waals surface area contributed by atoms with E-state index in [0.29, 0.717) is 17.3 Å². The fourth-order valence-corrected chi connectivity index (χ4v) is 2.23. The number of hydrogen-bond donors (Lipinski definition) is 1. The molecule has 0 aliphatic carbocycles. The lowest BCUT2D eigenvalue weighted by Crippen LogP contribution is -2.24. The van der Waals surface area contributed by atoms with Gasteiger partial charge in [-0.15, -0.1) is 0 Å². The Kier molecular flexibility index (Phi) is 4.55. The van der Waals surface area contributed by atoms with E-state index in [-0.39, 0.29) is 12.2 Å². The molecule has 0 amide bonds. The van der Waals surface area contributed by atoms with Gasteiger partial charge in [-0.3, -0.25) is 4.79 Å². The van der Waals surface area contributed by atoms with Gasteiger partial charge < -0.3 is 9.72 Å². The van der Waals surface area contributed by atoms with Crippen LogP contribution in [0.25, 0.3) is 10.9 Å². The number of aromatic amines is 1. The van der Waals surface area contributed by atoms with Crippen LogP contribution in [-0.2, 0) is 9.53 Å². The van der Waals surface area contributed by atoms with Gasteiger partial charge in [0.05, 0.1) is 18.9 Å². The Hall–Kier alpha value is -1.98. The van der Waals surface area contributed by atoms with E-state index >= 15 is 0 Å². The van der Waals surface area contributed by atoms with E-state index in [2.05, 4.69) is 4.98 Å². The Morgan fingerprint density at radius 2 is 2.05 bits per heavy atom. The largest absolute Gasteiger partial charge is 0.466 e. The molecule has 6 heteroatoms. The molecule has 0 aliphatic heterocycles. The smallest absolute Gasteiger partial charge is 0.396 e. The molecule has 2 aromatic rings. The Balaban J connectivity index is 2.30. The van der Waals surface area contributed by atoms with E-state index in [4.69, 9.17) is 4.74 Å². The molecule has 114 valence electrons. The van der Waals surface area contributed by atoms with Crippen LogP contribution < -0.4 is 0 Å². The van der Waals surface area contributed by atoms with E-state index in [1.807, 2.05) is 0 Å². The van der Waals surface area contributed by atoms with E-state index in [1.54, 1.807) is 31.2 Å². The molecule has 0 aliphatic rings. The maximum absolute atomic E-state index is 13.3. The zero-order chi connectivity index (χ0) is 15.5. The molecule has 0 bridgehead atoms. The van der Waals surface area contributed by atoms with Crippen LogP contribution in [0.3, 0.4) is 0 Å². The summed E-state index contributed by atoms with van der Waals surface area (Å²) >= 11 is 0. The normalized spacial score (nSPS) is 13.3. The number of hydrogen-bond acceptors (Lipinski definition) is 2. The van der Waals surface area contributed by atoms with Crippen molar-refractivity contribution in [2.75, 3.05) is 6.61 Å². The lowest BCUT2D eigenvalue weighted by molar-refractivity contribution is -0.166. The standard InChI is InChI=1S/C15H16F3NO2/c1-2-7-21-14(20)8-12(15(16,17)18)11-9-19-13-6-4-3-5-10(11)13/h3-6,9,12,19H,2,7-8H2,1H3/t12-/m0/s1. The summed E-state index contributed by atoms with van der Waals surface area (Å²) in [7, 11) is 0. The molecule has 21 heavy (non-hydrogen) atoms. The van der Waals surface area contributed by atoms with Crippen LogP contribution in [0, 0.1) is 0 Å². The molecular formula is C15H16F3NO2. The van der Waals surface area contributed by atoms with Gasteiger partial charge >= 0.3 is 12.1 Å². The second-order valence-electron chi connectivity index (χ2n) is 4.81. The monoisotopic (exact) mass is 299 g/mol. The van der Waals surface area contributed by atoms with Gasteiger partial charge in [-0.2, -0.15) is 13.2 Å². The Morgan fingerprint density at radius 3 is 2.71 bits per heavy atom. The molecule has 1 aromatic heterocycles. The number of carbonyl (C=O) groups excluding carboxylic acids is 1. The van der Waals surface area contributed by atoms with Crippen molar-refractivity contribution in [3.63, 3.8) is 0 Å². The predicted octanol–water partition coefficient (Wildman–Crippen LogP) is 4.16. The minimum Gasteiger partial charge on any atom is -0.466 e. The lowest BCUT2D eigenvalue weighted by atomic mass is 9.94. The van der Waals surface area contributed by atoms with Crippen molar-refractivity contribution in [1.82, 2.24) is 4.98 Å². The van der Waals surface area contributed by atoms with Gasteiger partial charge in [0, 0.05) is 17.1 Å². The van der Waals surface area contributed by atoms with Crippen LogP contribution in [0.5, 0.6) is 0 Å². The van der Waals surface area contributed by atoms with Crippen molar-refractivity contribution >= 4 is 16.9 Å². The van der Waals surface area contributed by atoms with Crippen molar-refractivity contribution in [2.45, 2.75) is 31.9 Å². The zero-order valence-electron chi connectivity index (χ0n) is 11.5. The third kappa shape index (κ3) is 3.56. The third-order valence-electron chi connectivity index (χ3n) is 3.23. The average Bonchev–Trinajstić information content (AvgIpc) is 2.85. The summed E-state index contributed by atoms with van der Waals surface area (Å²) in [5.41, 5.74) is 0.690. The number of alkyl halides is 3.